The largest absolute Gasteiger partial charge is 0.354 e. The highest BCUT2D eigenvalue weighted by atomic mass is 16.5. The molecule has 1 aromatic carbocycles. The van der Waals surface area contributed by atoms with Crippen LogP contribution in [0.3, 0.4) is 0 Å². The molecule has 0 atom stereocenters. The van der Waals surface area contributed by atoms with E-state index in [9.17, 15) is 9.59 Å². The van der Waals surface area contributed by atoms with E-state index in [0.717, 1.165) is 49.7 Å². The smallest absolute Gasteiger partial charge is 0.334 e. The van der Waals surface area contributed by atoms with Gasteiger partial charge in [-0.1, -0.05) is 11.2 Å². The maximum atomic E-state index is 12.1. The number of H-pyrrole nitrogens is 1. The highest BCUT2D eigenvalue weighted by Crippen LogP contribution is 2.28. The van der Waals surface area contributed by atoms with Gasteiger partial charge in [-0.15, -0.1) is 0 Å². The zero-order valence-corrected chi connectivity index (χ0v) is 14.9. The summed E-state index contributed by atoms with van der Waals surface area (Å²) in [7, 11) is 0. The highest BCUT2D eigenvalue weighted by molar-refractivity contribution is 5.84. The van der Waals surface area contributed by atoms with E-state index in [0.29, 0.717) is 11.4 Å². The molecule has 1 aliphatic heterocycles. The standard InChI is InChI=1S/C19H21N5O3/c25-17-5-6-24(19(26)20-17)18-15-11-13(1-4-16(15)27-21-18)12-22-7-9-23(10-8-22)14-2-3-14/h1,4-6,11,14H,2-3,7-10,12H2,(H,20,25,26). The van der Waals surface area contributed by atoms with Crippen molar-refractivity contribution < 1.29 is 4.52 Å². The van der Waals surface area contributed by atoms with E-state index < -0.39 is 11.2 Å². The monoisotopic (exact) mass is 367 g/mol. The zero-order chi connectivity index (χ0) is 18.4. The van der Waals surface area contributed by atoms with Crippen LogP contribution in [0, 0.1) is 0 Å². The summed E-state index contributed by atoms with van der Waals surface area (Å²) in [5.74, 6) is 0.395. The van der Waals surface area contributed by atoms with Gasteiger partial charge < -0.3 is 4.52 Å². The quantitative estimate of drug-likeness (QED) is 0.739. The van der Waals surface area contributed by atoms with E-state index in [2.05, 4.69) is 19.9 Å². The number of nitrogens with zero attached hydrogens (tertiary/aromatic N) is 4. The van der Waals surface area contributed by atoms with E-state index in [1.165, 1.54) is 29.7 Å². The van der Waals surface area contributed by atoms with Crippen molar-refractivity contribution in [1.82, 2.24) is 24.5 Å². The molecule has 5 rings (SSSR count). The molecule has 1 saturated heterocycles. The normalized spacial score (nSPS) is 19.0. The predicted octanol–water partition coefficient (Wildman–Crippen LogP) is 0.947. The van der Waals surface area contributed by atoms with Gasteiger partial charge in [-0.25, -0.2) is 9.36 Å². The van der Waals surface area contributed by atoms with Gasteiger partial charge in [0.1, 0.15) is 0 Å². The molecule has 0 radical (unpaired) electrons. The van der Waals surface area contributed by atoms with E-state index in [1.54, 1.807) is 0 Å². The number of fused-ring (bicyclic) bond motifs is 1. The van der Waals surface area contributed by atoms with Crippen LogP contribution in [0.1, 0.15) is 18.4 Å². The zero-order valence-electron chi connectivity index (χ0n) is 14.9. The van der Waals surface area contributed by atoms with Crippen LogP contribution in [0.5, 0.6) is 0 Å². The second-order valence-electron chi connectivity index (χ2n) is 7.36. The lowest BCUT2D eigenvalue weighted by Gasteiger charge is -2.34. The van der Waals surface area contributed by atoms with Crippen LogP contribution in [-0.4, -0.2) is 56.7 Å². The summed E-state index contributed by atoms with van der Waals surface area (Å²) in [6, 6.07) is 8.08. The van der Waals surface area contributed by atoms with E-state index >= 15 is 0 Å². The Labute approximate surface area is 155 Å². The molecule has 3 heterocycles. The van der Waals surface area contributed by atoms with Crippen LogP contribution in [0.25, 0.3) is 16.8 Å². The number of benzene rings is 1. The maximum absolute atomic E-state index is 12.1. The summed E-state index contributed by atoms with van der Waals surface area (Å²) < 4.78 is 6.66. The van der Waals surface area contributed by atoms with Gasteiger partial charge in [0.25, 0.3) is 5.56 Å². The van der Waals surface area contributed by atoms with E-state index in [1.807, 2.05) is 18.2 Å². The summed E-state index contributed by atoms with van der Waals surface area (Å²) in [6.07, 6.45) is 4.14. The number of aromatic nitrogens is 3. The fraction of sp³-hybridized carbons (Fsp3) is 0.421. The Morgan fingerprint density at radius 3 is 2.67 bits per heavy atom. The van der Waals surface area contributed by atoms with Crippen LogP contribution < -0.4 is 11.2 Å². The summed E-state index contributed by atoms with van der Waals surface area (Å²) in [6.45, 7) is 5.28. The molecule has 1 N–H and O–H groups in total. The Balaban J connectivity index is 1.40. The number of hydrogen-bond donors (Lipinski definition) is 1. The van der Waals surface area contributed by atoms with Crippen molar-refractivity contribution in [3.63, 3.8) is 0 Å². The SMILES string of the molecule is O=c1ccn(-c2noc3ccc(CN4CCN(C5CC5)CC4)cc23)c(=O)[nH]1. The lowest BCUT2D eigenvalue weighted by Crippen LogP contribution is -2.46. The van der Waals surface area contributed by atoms with Crippen molar-refractivity contribution in [2.24, 2.45) is 0 Å². The highest BCUT2D eigenvalue weighted by Gasteiger charge is 2.31. The Bertz CT molecular complexity index is 1090. The average molecular weight is 367 g/mol. The third kappa shape index (κ3) is 3.22. The number of hydrogen-bond acceptors (Lipinski definition) is 6. The van der Waals surface area contributed by atoms with Crippen molar-refractivity contribution in [3.05, 3.63) is 56.9 Å². The topological polar surface area (TPSA) is 87.4 Å². The van der Waals surface area contributed by atoms with Crippen molar-refractivity contribution in [2.45, 2.75) is 25.4 Å². The number of aromatic amines is 1. The van der Waals surface area contributed by atoms with Crippen LogP contribution in [0.4, 0.5) is 0 Å². The van der Waals surface area contributed by atoms with Crippen molar-refractivity contribution in [3.8, 4) is 5.82 Å². The van der Waals surface area contributed by atoms with Crippen LogP contribution >= 0.6 is 0 Å². The minimum absolute atomic E-state index is 0.395. The van der Waals surface area contributed by atoms with Crippen molar-refractivity contribution in [1.29, 1.82) is 0 Å². The Kier molecular flexibility index (Phi) is 3.95. The fourth-order valence-corrected chi connectivity index (χ4v) is 3.81. The molecule has 27 heavy (non-hydrogen) atoms. The van der Waals surface area contributed by atoms with Gasteiger partial charge in [-0.3, -0.25) is 19.6 Å². The minimum Gasteiger partial charge on any atom is -0.354 e. The Hall–Kier alpha value is -2.71. The molecule has 1 aliphatic carbocycles. The number of rotatable bonds is 4. The second kappa shape index (κ2) is 6.47. The average Bonchev–Trinajstić information content (AvgIpc) is 3.43. The number of piperazine rings is 1. The van der Waals surface area contributed by atoms with Gasteiger partial charge in [0.15, 0.2) is 11.4 Å². The molecule has 1 saturated carbocycles. The fourth-order valence-electron chi connectivity index (χ4n) is 3.81. The van der Waals surface area contributed by atoms with E-state index in [4.69, 9.17) is 4.52 Å². The number of nitrogens with one attached hydrogen (secondary N) is 1. The Morgan fingerprint density at radius 2 is 1.93 bits per heavy atom. The molecule has 0 spiro atoms. The summed E-state index contributed by atoms with van der Waals surface area (Å²) >= 11 is 0. The predicted molar refractivity (Wildman–Crippen MR) is 100 cm³/mol. The van der Waals surface area contributed by atoms with Crippen molar-refractivity contribution >= 4 is 11.0 Å². The molecular weight excluding hydrogens is 346 g/mol. The molecule has 0 unspecified atom stereocenters. The first kappa shape index (κ1) is 16.5. The Morgan fingerprint density at radius 1 is 1.11 bits per heavy atom. The summed E-state index contributed by atoms with van der Waals surface area (Å²) in [5, 5.41) is 4.79. The molecule has 140 valence electrons. The first-order chi connectivity index (χ1) is 13.2. The molecular formula is C19H21N5O3. The van der Waals surface area contributed by atoms with Crippen LogP contribution in [0.15, 0.2) is 44.6 Å². The third-order valence-corrected chi connectivity index (χ3v) is 5.44. The molecule has 2 fully saturated rings. The molecule has 8 nitrogen and oxygen atoms in total. The van der Waals surface area contributed by atoms with Crippen molar-refractivity contribution in [2.75, 3.05) is 26.2 Å². The molecule has 0 amide bonds. The van der Waals surface area contributed by atoms with Gasteiger partial charge in [0.2, 0.25) is 0 Å². The van der Waals surface area contributed by atoms with Gasteiger partial charge in [0.05, 0.1) is 5.39 Å². The van der Waals surface area contributed by atoms with Gasteiger partial charge in [0, 0.05) is 51.0 Å². The van der Waals surface area contributed by atoms with Gasteiger partial charge in [-0.2, -0.15) is 0 Å². The first-order valence-electron chi connectivity index (χ1n) is 9.34. The van der Waals surface area contributed by atoms with Crippen LogP contribution in [0.2, 0.25) is 0 Å². The molecule has 2 aromatic heterocycles. The van der Waals surface area contributed by atoms with E-state index in [-0.39, 0.29) is 0 Å². The molecule has 0 bridgehead atoms. The minimum atomic E-state index is -0.528. The lowest BCUT2D eigenvalue weighted by atomic mass is 10.1. The lowest BCUT2D eigenvalue weighted by molar-refractivity contribution is 0.121. The molecule has 2 aliphatic rings. The maximum Gasteiger partial charge on any atom is 0.334 e. The first-order valence-corrected chi connectivity index (χ1v) is 9.34. The second-order valence-corrected chi connectivity index (χ2v) is 7.36. The molecule has 3 aromatic rings. The summed E-state index contributed by atoms with van der Waals surface area (Å²) in [5.41, 5.74) is 0.809. The van der Waals surface area contributed by atoms with Gasteiger partial charge in [-0.05, 0) is 30.5 Å². The van der Waals surface area contributed by atoms with Gasteiger partial charge >= 0.3 is 5.69 Å². The molecule has 8 heteroatoms. The summed E-state index contributed by atoms with van der Waals surface area (Å²) in [4.78, 5) is 30.7. The van der Waals surface area contributed by atoms with Crippen LogP contribution in [-0.2, 0) is 6.54 Å². The third-order valence-electron chi connectivity index (χ3n) is 5.44.